The molecule has 0 spiro atoms. The standard InChI is InChI=1S/C21H27NO6S.C9H10FNO/c1-16-9-10-19(22(2)29(3,26)27)12-18(11-16)20(24)28-15-21(25,14-23)13-17-7-5-4-6-8-17;1-7(11-6-12)8-2-4-9(10)5-3-8/h4-9,11-12,23,25H,10,13-15H2,1-3H3;2-7H,1H3,(H,11,12)/t;7-/m.1/s1. The summed E-state index contributed by atoms with van der Waals surface area (Å²) in [7, 11) is -2.06. The zero-order chi connectivity index (χ0) is 30.6. The second-order valence-corrected chi connectivity index (χ2v) is 11.8. The first-order chi connectivity index (χ1) is 19.3. The molecule has 0 radical (unpaired) electrons. The van der Waals surface area contributed by atoms with E-state index in [4.69, 9.17) is 4.74 Å². The fraction of sp³-hybridized carbons (Fsp3) is 0.333. The molecule has 1 aliphatic rings. The second-order valence-electron chi connectivity index (χ2n) is 9.80. The molecule has 11 heteroatoms. The van der Waals surface area contributed by atoms with Gasteiger partial charge in [0.2, 0.25) is 16.4 Å². The Kier molecular flexibility index (Phi) is 12.4. The minimum atomic E-state index is -3.48. The van der Waals surface area contributed by atoms with Gasteiger partial charge < -0.3 is 20.3 Å². The summed E-state index contributed by atoms with van der Waals surface area (Å²) in [5.41, 5.74) is 1.44. The van der Waals surface area contributed by atoms with Gasteiger partial charge in [-0.25, -0.2) is 17.6 Å². The predicted molar refractivity (Wildman–Crippen MR) is 154 cm³/mol. The van der Waals surface area contributed by atoms with Crippen LogP contribution in [0.15, 0.2) is 89.7 Å². The summed E-state index contributed by atoms with van der Waals surface area (Å²) in [6.45, 7) is 2.65. The average Bonchev–Trinajstić information content (AvgIpc) is 3.14. The van der Waals surface area contributed by atoms with Crippen molar-refractivity contribution in [3.05, 3.63) is 107 Å². The summed E-state index contributed by atoms with van der Waals surface area (Å²) in [4.78, 5) is 22.7. The highest BCUT2D eigenvalue weighted by Crippen LogP contribution is 2.22. The van der Waals surface area contributed by atoms with E-state index in [1.54, 1.807) is 37.3 Å². The minimum Gasteiger partial charge on any atom is -0.459 e. The molecule has 1 unspecified atom stereocenters. The maximum Gasteiger partial charge on any atom is 0.338 e. The number of allylic oxidation sites excluding steroid dienone is 3. The van der Waals surface area contributed by atoms with Crippen LogP contribution in [0.5, 0.6) is 0 Å². The topological polar surface area (TPSA) is 133 Å². The number of nitrogens with one attached hydrogen (secondary N) is 1. The van der Waals surface area contributed by atoms with Crippen molar-refractivity contribution in [1.82, 2.24) is 9.62 Å². The molecule has 222 valence electrons. The van der Waals surface area contributed by atoms with E-state index in [1.807, 2.05) is 31.2 Å². The van der Waals surface area contributed by atoms with E-state index in [0.717, 1.165) is 27.3 Å². The Labute approximate surface area is 240 Å². The van der Waals surface area contributed by atoms with E-state index >= 15 is 0 Å². The predicted octanol–water partition coefficient (Wildman–Crippen LogP) is 3.18. The summed E-state index contributed by atoms with van der Waals surface area (Å²) in [5.74, 6) is -0.976. The zero-order valence-electron chi connectivity index (χ0n) is 23.6. The molecule has 0 saturated carbocycles. The Balaban J connectivity index is 0.000000408. The molecule has 0 aromatic heterocycles. The molecule has 2 aromatic carbocycles. The van der Waals surface area contributed by atoms with Crippen molar-refractivity contribution in [3.8, 4) is 0 Å². The molecule has 3 N–H and O–H groups in total. The molecule has 0 heterocycles. The second kappa shape index (κ2) is 15.3. The summed E-state index contributed by atoms with van der Waals surface area (Å²) in [6.07, 6.45) is 7.06. The van der Waals surface area contributed by atoms with Crippen LogP contribution in [-0.2, 0) is 30.8 Å². The van der Waals surface area contributed by atoms with Gasteiger partial charge in [0.1, 0.15) is 18.0 Å². The van der Waals surface area contributed by atoms with Crippen LogP contribution in [0.3, 0.4) is 0 Å². The van der Waals surface area contributed by atoms with Crippen molar-refractivity contribution < 1.29 is 37.3 Å². The SMILES string of the molecule is CC1=CCC(N(C)S(C)(=O)=O)=CC(C(=O)OCC(O)(CO)Cc2ccccc2)=C1.C[C@@H](NC=O)c1ccc(F)cc1. The van der Waals surface area contributed by atoms with Gasteiger partial charge in [0.25, 0.3) is 0 Å². The molecule has 41 heavy (non-hydrogen) atoms. The van der Waals surface area contributed by atoms with Gasteiger partial charge in [-0.05, 0) is 49.3 Å². The molecular weight excluding hydrogens is 551 g/mol. The molecule has 1 aliphatic carbocycles. The van der Waals surface area contributed by atoms with Crippen LogP contribution < -0.4 is 5.32 Å². The highest BCUT2D eigenvalue weighted by Gasteiger charge is 2.29. The van der Waals surface area contributed by atoms with Crippen LogP contribution in [0.4, 0.5) is 4.39 Å². The maximum atomic E-state index is 12.6. The molecule has 0 bridgehead atoms. The van der Waals surface area contributed by atoms with E-state index in [9.17, 15) is 32.6 Å². The number of aliphatic hydroxyl groups is 2. The fourth-order valence-electron chi connectivity index (χ4n) is 3.76. The first-order valence-electron chi connectivity index (χ1n) is 12.8. The molecule has 2 aromatic rings. The number of benzene rings is 2. The van der Waals surface area contributed by atoms with Gasteiger partial charge in [0.05, 0.1) is 24.5 Å². The maximum absolute atomic E-state index is 12.6. The lowest BCUT2D eigenvalue weighted by Gasteiger charge is -2.25. The third-order valence-corrected chi connectivity index (χ3v) is 7.54. The van der Waals surface area contributed by atoms with Gasteiger partial charge in [0.15, 0.2) is 0 Å². The largest absolute Gasteiger partial charge is 0.459 e. The Morgan fingerprint density at radius 1 is 1.17 bits per heavy atom. The molecule has 9 nitrogen and oxygen atoms in total. The molecule has 2 atom stereocenters. The number of ether oxygens (including phenoxy) is 1. The molecule has 0 fully saturated rings. The van der Waals surface area contributed by atoms with Crippen LogP contribution in [0.1, 0.15) is 37.4 Å². The first kappa shape index (κ1) is 33.4. The number of hydrogen-bond donors (Lipinski definition) is 3. The zero-order valence-corrected chi connectivity index (χ0v) is 24.4. The monoisotopic (exact) mass is 588 g/mol. The highest BCUT2D eigenvalue weighted by atomic mass is 32.2. The van der Waals surface area contributed by atoms with Gasteiger partial charge in [-0.1, -0.05) is 54.1 Å². The Morgan fingerprint density at radius 3 is 2.37 bits per heavy atom. The van der Waals surface area contributed by atoms with Crippen molar-refractivity contribution in [2.24, 2.45) is 0 Å². The Morgan fingerprint density at radius 2 is 1.80 bits per heavy atom. The number of sulfonamides is 1. The van der Waals surface area contributed by atoms with Crippen LogP contribution in [-0.4, -0.2) is 67.4 Å². The van der Waals surface area contributed by atoms with Crippen molar-refractivity contribution in [2.45, 2.75) is 38.3 Å². The number of halogens is 1. The number of nitrogens with zero attached hydrogens (tertiary/aromatic N) is 1. The Bertz CT molecular complexity index is 1370. The number of aliphatic hydroxyl groups excluding tert-OH is 1. The molecular formula is C30H37FN2O7S. The van der Waals surface area contributed by atoms with Gasteiger partial charge in [-0.15, -0.1) is 0 Å². The van der Waals surface area contributed by atoms with Crippen molar-refractivity contribution in [3.63, 3.8) is 0 Å². The fourth-order valence-corrected chi connectivity index (χ4v) is 4.31. The minimum absolute atomic E-state index is 0.0666. The first-order valence-corrected chi connectivity index (χ1v) is 14.6. The summed E-state index contributed by atoms with van der Waals surface area (Å²) >= 11 is 0. The Hall–Kier alpha value is -3.80. The number of carbonyl (C=O) groups is 2. The number of amides is 1. The quantitative estimate of drug-likeness (QED) is 0.271. The van der Waals surface area contributed by atoms with Crippen LogP contribution in [0.2, 0.25) is 0 Å². The van der Waals surface area contributed by atoms with E-state index in [2.05, 4.69) is 5.32 Å². The molecule has 0 aliphatic heterocycles. The van der Waals surface area contributed by atoms with Gasteiger partial charge in [-0.2, -0.15) is 0 Å². The number of carbonyl (C=O) groups excluding carboxylic acids is 2. The third-order valence-electron chi connectivity index (χ3n) is 6.31. The third kappa shape index (κ3) is 10.9. The summed E-state index contributed by atoms with van der Waals surface area (Å²) in [5, 5.41) is 22.8. The normalized spacial score (nSPS) is 15.3. The van der Waals surface area contributed by atoms with E-state index < -0.39 is 34.8 Å². The average molecular weight is 589 g/mol. The van der Waals surface area contributed by atoms with E-state index in [0.29, 0.717) is 18.5 Å². The molecule has 0 saturated heterocycles. The van der Waals surface area contributed by atoms with Crippen LogP contribution in [0, 0.1) is 5.82 Å². The smallest absolute Gasteiger partial charge is 0.338 e. The summed E-state index contributed by atoms with van der Waals surface area (Å²) < 4.78 is 42.5. The lowest BCUT2D eigenvalue weighted by atomic mass is 9.96. The number of esters is 1. The highest BCUT2D eigenvalue weighted by molar-refractivity contribution is 7.88. The van der Waals surface area contributed by atoms with Gasteiger partial charge in [-0.3, -0.25) is 9.10 Å². The number of hydrogen-bond acceptors (Lipinski definition) is 7. The van der Waals surface area contributed by atoms with Crippen LogP contribution >= 0.6 is 0 Å². The number of rotatable bonds is 11. The van der Waals surface area contributed by atoms with Gasteiger partial charge >= 0.3 is 5.97 Å². The molecule has 1 amide bonds. The molecule has 3 rings (SSSR count). The van der Waals surface area contributed by atoms with Crippen LogP contribution in [0.25, 0.3) is 0 Å². The summed E-state index contributed by atoms with van der Waals surface area (Å²) in [6, 6.07) is 15.1. The van der Waals surface area contributed by atoms with Crippen molar-refractivity contribution >= 4 is 22.4 Å². The lowest BCUT2D eigenvalue weighted by Crippen LogP contribution is -2.41. The van der Waals surface area contributed by atoms with E-state index in [1.165, 1.54) is 25.3 Å². The van der Waals surface area contributed by atoms with Crippen molar-refractivity contribution in [2.75, 3.05) is 26.5 Å². The van der Waals surface area contributed by atoms with Gasteiger partial charge in [0, 0.05) is 25.6 Å². The van der Waals surface area contributed by atoms with Crippen molar-refractivity contribution in [1.29, 1.82) is 0 Å². The lowest BCUT2D eigenvalue weighted by molar-refractivity contribution is -0.149. The van der Waals surface area contributed by atoms with E-state index in [-0.39, 0.29) is 23.9 Å².